The lowest BCUT2D eigenvalue weighted by molar-refractivity contribution is 0.881. The molecule has 0 saturated carbocycles. The second kappa shape index (κ2) is 6.86. The molecule has 0 aliphatic heterocycles. The predicted octanol–water partition coefficient (Wildman–Crippen LogP) is 2.71. The van der Waals surface area contributed by atoms with E-state index in [-0.39, 0.29) is 11.4 Å². The Hall–Kier alpha value is -3.97. The van der Waals surface area contributed by atoms with Crippen molar-refractivity contribution in [1.82, 2.24) is 20.6 Å². The second-order valence-corrected chi connectivity index (χ2v) is 4.78. The monoisotopic (exact) mass is 313 g/mol. The molecule has 24 heavy (non-hydrogen) atoms. The number of benzene rings is 2. The molecule has 0 aliphatic rings. The summed E-state index contributed by atoms with van der Waals surface area (Å²) in [6, 6.07) is 19.1. The van der Waals surface area contributed by atoms with Crippen LogP contribution >= 0.6 is 0 Å². The minimum atomic E-state index is 0.223. The van der Waals surface area contributed by atoms with E-state index >= 15 is 0 Å². The minimum absolute atomic E-state index is 0.223. The van der Waals surface area contributed by atoms with Crippen LogP contribution in [0.25, 0.3) is 16.7 Å². The molecule has 0 bridgehead atoms. The molecule has 0 radical (unpaired) electrons. The number of nitrogens with zero attached hydrogens (tertiary/aromatic N) is 5. The Morgan fingerprint density at radius 1 is 1.08 bits per heavy atom. The zero-order valence-electron chi connectivity index (χ0n) is 12.4. The Labute approximate surface area is 137 Å². The van der Waals surface area contributed by atoms with Crippen LogP contribution in [0.15, 0.2) is 54.7 Å². The van der Waals surface area contributed by atoms with Crippen LogP contribution in [0.1, 0.15) is 11.4 Å². The maximum Gasteiger partial charge on any atom is 0.216 e. The topological polar surface area (TPSA) is 114 Å². The van der Waals surface area contributed by atoms with E-state index in [0.717, 1.165) is 16.8 Å². The van der Waals surface area contributed by atoms with Crippen LogP contribution in [0, 0.1) is 22.7 Å². The highest BCUT2D eigenvalue weighted by atomic mass is 15.5. The minimum Gasteiger partial charge on any atom is -0.360 e. The standard InChI is InChI=1S/C17H11N7/c18-9-12-5-7-13(8-6-12)15-3-1-2-4-16(15)20-11-14(10-19)17-21-23-24-22-17/h1-8,11,20H,(H,21,22,23,24). The lowest BCUT2D eigenvalue weighted by Crippen LogP contribution is -1.95. The van der Waals surface area contributed by atoms with Crippen molar-refractivity contribution in [2.24, 2.45) is 0 Å². The van der Waals surface area contributed by atoms with Gasteiger partial charge in [0.15, 0.2) is 0 Å². The van der Waals surface area contributed by atoms with E-state index in [9.17, 15) is 5.26 Å². The van der Waals surface area contributed by atoms with Crippen LogP contribution in [-0.2, 0) is 0 Å². The van der Waals surface area contributed by atoms with E-state index < -0.39 is 0 Å². The van der Waals surface area contributed by atoms with E-state index in [4.69, 9.17) is 5.26 Å². The first-order valence-electron chi connectivity index (χ1n) is 7.02. The first-order valence-corrected chi connectivity index (χ1v) is 7.02. The third-order valence-electron chi connectivity index (χ3n) is 3.33. The van der Waals surface area contributed by atoms with Gasteiger partial charge in [-0.1, -0.05) is 30.3 Å². The number of aromatic amines is 1. The molecule has 1 heterocycles. The van der Waals surface area contributed by atoms with Crippen LogP contribution in [0.2, 0.25) is 0 Å². The lowest BCUT2D eigenvalue weighted by atomic mass is 10.0. The molecule has 0 aliphatic carbocycles. The molecule has 7 heteroatoms. The number of hydrogen-bond donors (Lipinski definition) is 2. The predicted molar refractivity (Wildman–Crippen MR) is 88.0 cm³/mol. The molecule has 3 rings (SSSR count). The zero-order chi connectivity index (χ0) is 16.8. The highest BCUT2D eigenvalue weighted by Gasteiger charge is 2.07. The van der Waals surface area contributed by atoms with Crippen molar-refractivity contribution in [2.75, 3.05) is 5.32 Å². The SMILES string of the molecule is N#CC(=CNc1ccccc1-c1ccc(C#N)cc1)c1nn[nH]n1. The first-order chi connectivity index (χ1) is 11.8. The molecule has 0 saturated heterocycles. The smallest absolute Gasteiger partial charge is 0.216 e. The molecule has 2 aromatic carbocycles. The van der Waals surface area contributed by atoms with Gasteiger partial charge in [0.25, 0.3) is 0 Å². The Morgan fingerprint density at radius 3 is 2.54 bits per heavy atom. The largest absolute Gasteiger partial charge is 0.360 e. The number of hydrogen-bond acceptors (Lipinski definition) is 6. The Kier molecular flexibility index (Phi) is 4.27. The summed E-state index contributed by atoms with van der Waals surface area (Å²) in [6.45, 7) is 0. The van der Waals surface area contributed by atoms with Gasteiger partial charge in [-0.2, -0.15) is 15.7 Å². The number of anilines is 1. The fourth-order valence-electron chi connectivity index (χ4n) is 2.16. The highest BCUT2D eigenvalue weighted by Crippen LogP contribution is 2.28. The summed E-state index contributed by atoms with van der Waals surface area (Å²) in [7, 11) is 0. The average molecular weight is 313 g/mol. The number of nitriles is 2. The third kappa shape index (κ3) is 3.11. The van der Waals surface area contributed by atoms with Gasteiger partial charge in [0.05, 0.1) is 11.6 Å². The Bertz CT molecular complexity index is 942. The van der Waals surface area contributed by atoms with E-state index in [0.29, 0.717) is 5.56 Å². The molecule has 0 unspecified atom stereocenters. The van der Waals surface area contributed by atoms with Crippen molar-refractivity contribution in [3.05, 3.63) is 66.1 Å². The molecule has 7 nitrogen and oxygen atoms in total. The number of allylic oxidation sites excluding steroid dienone is 1. The molecule has 0 fully saturated rings. The number of aromatic nitrogens is 4. The molecule has 2 N–H and O–H groups in total. The van der Waals surface area contributed by atoms with Gasteiger partial charge in [0, 0.05) is 17.5 Å². The van der Waals surface area contributed by atoms with E-state index in [2.05, 4.69) is 32.0 Å². The molecule has 114 valence electrons. The van der Waals surface area contributed by atoms with Crippen LogP contribution in [-0.4, -0.2) is 20.6 Å². The van der Waals surface area contributed by atoms with E-state index in [1.165, 1.54) is 6.20 Å². The van der Waals surface area contributed by atoms with Gasteiger partial charge in [-0.05, 0) is 29.0 Å². The summed E-state index contributed by atoms with van der Waals surface area (Å²) in [5, 5.41) is 34.6. The highest BCUT2D eigenvalue weighted by molar-refractivity contribution is 5.81. The summed E-state index contributed by atoms with van der Waals surface area (Å²) in [5.74, 6) is 0.223. The average Bonchev–Trinajstić information content (AvgIpc) is 3.17. The molecule has 3 aromatic rings. The zero-order valence-corrected chi connectivity index (χ0v) is 12.4. The number of rotatable bonds is 4. The van der Waals surface area contributed by atoms with Crippen molar-refractivity contribution < 1.29 is 0 Å². The third-order valence-corrected chi connectivity index (χ3v) is 3.33. The molecular formula is C17H11N7. The summed E-state index contributed by atoms with van der Waals surface area (Å²) in [6.07, 6.45) is 1.54. The Morgan fingerprint density at radius 2 is 1.88 bits per heavy atom. The molecular weight excluding hydrogens is 302 g/mol. The van der Waals surface area contributed by atoms with Gasteiger partial charge in [-0.25, -0.2) is 0 Å². The van der Waals surface area contributed by atoms with E-state index in [1.54, 1.807) is 12.1 Å². The maximum absolute atomic E-state index is 9.21. The lowest BCUT2D eigenvalue weighted by Gasteiger charge is -2.09. The van der Waals surface area contributed by atoms with Crippen molar-refractivity contribution in [3.63, 3.8) is 0 Å². The fourth-order valence-corrected chi connectivity index (χ4v) is 2.16. The van der Waals surface area contributed by atoms with Crippen LogP contribution in [0.3, 0.4) is 0 Å². The summed E-state index contributed by atoms with van der Waals surface area (Å²) in [4.78, 5) is 0. The van der Waals surface area contributed by atoms with Crippen LogP contribution in [0.5, 0.6) is 0 Å². The van der Waals surface area contributed by atoms with E-state index in [1.807, 2.05) is 42.5 Å². The molecule has 0 spiro atoms. The number of H-pyrrole nitrogens is 1. The van der Waals surface area contributed by atoms with Gasteiger partial charge in [0.2, 0.25) is 5.82 Å². The van der Waals surface area contributed by atoms with Crippen LogP contribution in [0.4, 0.5) is 5.69 Å². The van der Waals surface area contributed by atoms with Gasteiger partial charge in [0.1, 0.15) is 11.6 Å². The van der Waals surface area contributed by atoms with Gasteiger partial charge in [-0.15, -0.1) is 10.2 Å². The van der Waals surface area contributed by atoms with Crippen molar-refractivity contribution in [1.29, 1.82) is 10.5 Å². The van der Waals surface area contributed by atoms with Gasteiger partial charge in [-0.3, -0.25) is 0 Å². The summed E-state index contributed by atoms with van der Waals surface area (Å²) < 4.78 is 0. The number of tetrazole rings is 1. The molecule has 1 aromatic heterocycles. The molecule has 0 atom stereocenters. The second-order valence-electron chi connectivity index (χ2n) is 4.78. The van der Waals surface area contributed by atoms with Crippen LogP contribution < -0.4 is 5.32 Å². The van der Waals surface area contributed by atoms with Crippen molar-refractivity contribution in [3.8, 4) is 23.3 Å². The van der Waals surface area contributed by atoms with Gasteiger partial charge >= 0.3 is 0 Å². The normalized spacial score (nSPS) is 10.7. The quantitative estimate of drug-likeness (QED) is 0.716. The van der Waals surface area contributed by atoms with Crippen molar-refractivity contribution >= 4 is 11.3 Å². The first kappa shape index (κ1) is 14.9. The Balaban J connectivity index is 1.92. The summed E-state index contributed by atoms with van der Waals surface area (Å²) >= 11 is 0. The number of nitrogens with one attached hydrogen (secondary N) is 2. The van der Waals surface area contributed by atoms with Crippen molar-refractivity contribution in [2.45, 2.75) is 0 Å². The maximum atomic E-state index is 9.21. The molecule has 0 amide bonds. The number of para-hydroxylation sites is 1. The van der Waals surface area contributed by atoms with Gasteiger partial charge < -0.3 is 5.32 Å². The fraction of sp³-hybridized carbons (Fsp3) is 0. The summed E-state index contributed by atoms with van der Waals surface area (Å²) in [5.41, 5.74) is 3.59.